The first-order valence-electron chi connectivity index (χ1n) is 6.42. The maximum atomic E-state index is 5.89. The fourth-order valence-electron chi connectivity index (χ4n) is 1.95. The third-order valence-electron chi connectivity index (χ3n) is 3.03. The Hall–Kier alpha value is -2.89. The first-order valence-corrected chi connectivity index (χ1v) is 6.42. The molecule has 3 rings (SSSR count). The lowest BCUT2D eigenvalue weighted by atomic mass is 10.2. The van der Waals surface area contributed by atoms with Crippen molar-refractivity contribution < 1.29 is 9.26 Å². The maximum absolute atomic E-state index is 5.89. The number of nitrogen functional groups attached to an aromatic ring is 1. The zero-order valence-electron chi connectivity index (χ0n) is 11.5. The number of rotatable bonds is 4. The smallest absolute Gasteiger partial charge is 0.260 e. The highest BCUT2D eigenvalue weighted by atomic mass is 16.5. The number of hydrogen-bond donors (Lipinski definition) is 1. The van der Waals surface area contributed by atoms with E-state index in [1.54, 1.807) is 25.4 Å². The quantitative estimate of drug-likeness (QED) is 0.739. The molecule has 1 aromatic carbocycles. The summed E-state index contributed by atoms with van der Waals surface area (Å²) in [7, 11) is 1.58. The zero-order chi connectivity index (χ0) is 14.7. The third kappa shape index (κ3) is 2.84. The number of anilines is 1. The minimum Gasteiger partial charge on any atom is -0.481 e. The summed E-state index contributed by atoms with van der Waals surface area (Å²) in [5.74, 6) is 1.58. The molecule has 0 aliphatic rings. The molecule has 106 valence electrons. The number of hydrogen-bond acceptors (Lipinski definition) is 6. The number of nitrogens with two attached hydrogens (primary N) is 1. The van der Waals surface area contributed by atoms with Crippen LogP contribution in [0.5, 0.6) is 5.88 Å². The summed E-state index contributed by atoms with van der Waals surface area (Å²) in [5.41, 5.74) is 8.22. The molecule has 0 amide bonds. The number of para-hydroxylation sites is 1. The molecule has 2 aromatic heterocycles. The third-order valence-corrected chi connectivity index (χ3v) is 3.03. The Bertz CT molecular complexity index is 737. The van der Waals surface area contributed by atoms with Crippen LogP contribution in [0, 0.1) is 0 Å². The normalized spacial score (nSPS) is 10.5. The number of pyridine rings is 1. The van der Waals surface area contributed by atoms with Crippen LogP contribution in [0.2, 0.25) is 0 Å². The van der Waals surface area contributed by atoms with Crippen LogP contribution in [0.15, 0.2) is 47.1 Å². The summed E-state index contributed by atoms with van der Waals surface area (Å²) >= 11 is 0. The second-order valence-electron chi connectivity index (χ2n) is 4.49. The summed E-state index contributed by atoms with van der Waals surface area (Å²) < 4.78 is 10.3. The van der Waals surface area contributed by atoms with Gasteiger partial charge in [0.1, 0.15) is 0 Å². The second kappa shape index (κ2) is 5.62. The van der Waals surface area contributed by atoms with Crippen molar-refractivity contribution in [1.82, 2.24) is 15.1 Å². The van der Waals surface area contributed by atoms with E-state index < -0.39 is 0 Å². The average molecular weight is 282 g/mol. The van der Waals surface area contributed by atoms with E-state index in [1.165, 1.54) is 0 Å². The van der Waals surface area contributed by atoms with Gasteiger partial charge in [-0.1, -0.05) is 23.4 Å². The Morgan fingerprint density at radius 1 is 1.19 bits per heavy atom. The molecule has 0 unspecified atom stereocenters. The standard InChI is InChI=1S/C15H14N4O2/c1-20-14-7-6-10(9-17-14)8-13-18-15(21-19-13)11-4-2-3-5-12(11)16/h2-7,9H,8,16H2,1H3. The van der Waals surface area contributed by atoms with Crippen molar-refractivity contribution in [3.05, 3.63) is 54.0 Å². The molecule has 2 heterocycles. The molecule has 6 heteroatoms. The van der Waals surface area contributed by atoms with Gasteiger partial charge in [0, 0.05) is 24.4 Å². The zero-order valence-corrected chi connectivity index (χ0v) is 11.5. The molecule has 21 heavy (non-hydrogen) atoms. The average Bonchev–Trinajstić information content (AvgIpc) is 2.97. The summed E-state index contributed by atoms with van der Waals surface area (Å²) in [6, 6.07) is 11.1. The summed E-state index contributed by atoms with van der Waals surface area (Å²) in [4.78, 5) is 8.51. The van der Waals surface area contributed by atoms with E-state index in [-0.39, 0.29) is 0 Å². The molecular formula is C15H14N4O2. The first kappa shape index (κ1) is 13.1. The van der Waals surface area contributed by atoms with Gasteiger partial charge in [0.05, 0.1) is 12.7 Å². The summed E-state index contributed by atoms with van der Waals surface area (Å²) in [6.45, 7) is 0. The van der Waals surface area contributed by atoms with E-state index in [1.807, 2.05) is 24.3 Å². The highest BCUT2D eigenvalue weighted by Crippen LogP contribution is 2.24. The van der Waals surface area contributed by atoms with Gasteiger partial charge < -0.3 is 15.0 Å². The number of benzene rings is 1. The van der Waals surface area contributed by atoms with Crippen LogP contribution in [0.25, 0.3) is 11.5 Å². The molecule has 0 aliphatic heterocycles. The summed E-state index contributed by atoms with van der Waals surface area (Å²) in [6.07, 6.45) is 2.26. The molecule has 0 spiro atoms. The van der Waals surface area contributed by atoms with Crippen molar-refractivity contribution in [1.29, 1.82) is 0 Å². The molecule has 0 saturated carbocycles. The van der Waals surface area contributed by atoms with E-state index in [4.69, 9.17) is 15.0 Å². The Balaban J connectivity index is 1.80. The Morgan fingerprint density at radius 3 is 2.76 bits per heavy atom. The predicted octanol–water partition coefficient (Wildman–Crippen LogP) is 2.31. The van der Waals surface area contributed by atoms with E-state index in [2.05, 4.69) is 15.1 Å². The topological polar surface area (TPSA) is 87.1 Å². The van der Waals surface area contributed by atoms with Crippen LogP contribution < -0.4 is 10.5 Å². The molecule has 0 aliphatic carbocycles. The fraction of sp³-hybridized carbons (Fsp3) is 0.133. The largest absolute Gasteiger partial charge is 0.481 e. The molecule has 0 fully saturated rings. The molecule has 0 saturated heterocycles. The maximum Gasteiger partial charge on any atom is 0.260 e. The lowest BCUT2D eigenvalue weighted by Crippen LogP contribution is -1.94. The lowest BCUT2D eigenvalue weighted by Gasteiger charge is -1.99. The number of nitrogens with zero attached hydrogens (tertiary/aromatic N) is 3. The van der Waals surface area contributed by atoms with Crippen LogP contribution in [-0.4, -0.2) is 22.2 Å². The van der Waals surface area contributed by atoms with Crippen LogP contribution in [0.1, 0.15) is 11.4 Å². The number of ether oxygens (including phenoxy) is 1. The van der Waals surface area contributed by atoms with Gasteiger partial charge in [0.15, 0.2) is 5.82 Å². The van der Waals surface area contributed by atoms with Gasteiger partial charge in [0.25, 0.3) is 5.89 Å². The summed E-state index contributed by atoms with van der Waals surface area (Å²) in [5, 5.41) is 3.97. The van der Waals surface area contributed by atoms with Gasteiger partial charge in [-0.25, -0.2) is 4.98 Å². The van der Waals surface area contributed by atoms with Gasteiger partial charge >= 0.3 is 0 Å². The van der Waals surface area contributed by atoms with Gasteiger partial charge in [0.2, 0.25) is 5.88 Å². The predicted molar refractivity (Wildman–Crippen MR) is 77.7 cm³/mol. The molecule has 2 N–H and O–H groups in total. The monoisotopic (exact) mass is 282 g/mol. The molecule has 3 aromatic rings. The Labute approximate surface area is 121 Å². The molecule has 0 atom stereocenters. The van der Waals surface area contributed by atoms with E-state index in [9.17, 15) is 0 Å². The minimum absolute atomic E-state index is 0.421. The van der Waals surface area contributed by atoms with E-state index in [0.717, 1.165) is 11.1 Å². The van der Waals surface area contributed by atoms with Crippen LogP contribution >= 0.6 is 0 Å². The first-order chi connectivity index (χ1) is 10.3. The van der Waals surface area contributed by atoms with Gasteiger partial charge in [-0.3, -0.25) is 0 Å². The second-order valence-corrected chi connectivity index (χ2v) is 4.49. The number of methoxy groups -OCH3 is 1. The van der Waals surface area contributed by atoms with Crippen molar-refractivity contribution in [3.63, 3.8) is 0 Å². The van der Waals surface area contributed by atoms with Crippen molar-refractivity contribution in [2.75, 3.05) is 12.8 Å². The molecular weight excluding hydrogens is 268 g/mol. The molecule has 6 nitrogen and oxygen atoms in total. The SMILES string of the molecule is COc1ccc(Cc2noc(-c3ccccc3N)n2)cn1. The van der Waals surface area contributed by atoms with Gasteiger partial charge in [-0.2, -0.15) is 4.98 Å². The van der Waals surface area contributed by atoms with E-state index >= 15 is 0 Å². The van der Waals surface area contributed by atoms with E-state index in [0.29, 0.717) is 29.7 Å². The number of aromatic nitrogens is 3. The molecule has 0 radical (unpaired) electrons. The highest BCUT2D eigenvalue weighted by Gasteiger charge is 2.11. The lowest BCUT2D eigenvalue weighted by molar-refractivity contribution is 0.397. The highest BCUT2D eigenvalue weighted by molar-refractivity contribution is 5.69. The Kier molecular flexibility index (Phi) is 3.51. The van der Waals surface area contributed by atoms with Crippen LogP contribution in [0.3, 0.4) is 0 Å². The van der Waals surface area contributed by atoms with Crippen molar-refractivity contribution in [3.8, 4) is 17.3 Å². The van der Waals surface area contributed by atoms with Crippen LogP contribution in [-0.2, 0) is 6.42 Å². The molecule has 0 bridgehead atoms. The van der Waals surface area contributed by atoms with Gasteiger partial charge in [-0.05, 0) is 17.7 Å². The van der Waals surface area contributed by atoms with Crippen molar-refractivity contribution in [2.24, 2.45) is 0 Å². The van der Waals surface area contributed by atoms with Crippen molar-refractivity contribution >= 4 is 5.69 Å². The van der Waals surface area contributed by atoms with Crippen molar-refractivity contribution in [2.45, 2.75) is 6.42 Å². The Morgan fingerprint density at radius 2 is 2.05 bits per heavy atom. The fourth-order valence-corrected chi connectivity index (χ4v) is 1.95. The minimum atomic E-state index is 0.421. The van der Waals surface area contributed by atoms with Gasteiger partial charge in [-0.15, -0.1) is 0 Å². The van der Waals surface area contributed by atoms with Crippen LogP contribution in [0.4, 0.5) is 5.69 Å².